The summed E-state index contributed by atoms with van der Waals surface area (Å²) in [5.41, 5.74) is 0. The van der Waals surface area contributed by atoms with Crippen LogP contribution < -0.4 is 0 Å². The molecule has 0 unspecified atom stereocenters. The molecule has 0 radical (unpaired) electrons. The first-order valence-electron chi connectivity index (χ1n) is 2.00. The Morgan fingerprint density at radius 3 is 1.08 bits per heavy atom. The fourth-order valence-corrected chi connectivity index (χ4v) is 53.2. The Morgan fingerprint density at radius 2 is 0.750 bits per heavy atom. The molecule has 1 saturated heterocycles. The van der Waals surface area contributed by atoms with Crippen molar-refractivity contribution >= 4 is 121 Å². The van der Waals surface area contributed by atoms with Crippen LogP contribution in [-0.4, -0.2) is 25.4 Å². The van der Waals surface area contributed by atoms with Crippen LogP contribution in [0.2, 0.25) is 0 Å². The van der Waals surface area contributed by atoms with E-state index in [1.54, 1.807) is 0 Å². The molecule has 1 heterocycles. The minimum absolute atomic E-state index is 0.677. The topological polar surface area (TPSA) is 0 Å². The number of rotatable bonds is 0. The SMILES string of the molecule is S1SS[Se]SSSSS[Se]SS1. The predicted molar refractivity (Wildman–Crippen MR) is 87.4 cm³/mol. The van der Waals surface area contributed by atoms with Gasteiger partial charge in [0.1, 0.15) is 0 Å². The zero-order valence-electron chi connectivity index (χ0n) is 4.90. The van der Waals surface area contributed by atoms with Crippen LogP contribution in [0.1, 0.15) is 0 Å². The molecule has 72 valence electrons. The van der Waals surface area contributed by atoms with E-state index in [-0.39, 0.29) is 0 Å². The van der Waals surface area contributed by atoms with E-state index in [1.807, 2.05) is 95.8 Å². The Hall–Kier alpha value is 4.54. The molecule has 0 aromatic heterocycles. The van der Waals surface area contributed by atoms with Crippen molar-refractivity contribution in [2.24, 2.45) is 0 Å². The summed E-state index contributed by atoms with van der Waals surface area (Å²) in [5.74, 6) is 0. The van der Waals surface area contributed by atoms with Crippen molar-refractivity contribution in [2.45, 2.75) is 0 Å². The Labute approximate surface area is 119 Å². The third-order valence-electron chi connectivity index (χ3n) is 0.333. The molecule has 12 heavy (non-hydrogen) atoms. The van der Waals surface area contributed by atoms with Crippen molar-refractivity contribution in [1.82, 2.24) is 0 Å². The second-order valence-electron chi connectivity index (χ2n) is 0.816. The molecule has 12 heteroatoms. The van der Waals surface area contributed by atoms with Crippen molar-refractivity contribution in [1.29, 1.82) is 0 Å². The summed E-state index contributed by atoms with van der Waals surface area (Å²) in [6.07, 6.45) is 0. The summed E-state index contributed by atoms with van der Waals surface area (Å²) in [4.78, 5) is 0. The molecule has 0 aromatic rings. The summed E-state index contributed by atoms with van der Waals surface area (Å²) in [7, 11) is 19.5. The number of hydrogen-bond acceptors (Lipinski definition) is 10. The van der Waals surface area contributed by atoms with E-state index in [4.69, 9.17) is 0 Å². The third-order valence-corrected chi connectivity index (χ3v) is 40.2. The molecule has 0 spiro atoms. The van der Waals surface area contributed by atoms with E-state index in [0.29, 0.717) is 25.4 Å². The molecular formula is S10Se2. The fraction of sp³-hybridized carbons (Fsp3) is 0. The molecule has 1 aliphatic heterocycles. The van der Waals surface area contributed by atoms with Gasteiger partial charge in [-0.1, -0.05) is 0 Å². The van der Waals surface area contributed by atoms with Crippen molar-refractivity contribution in [3.05, 3.63) is 0 Å². The molecule has 0 aliphatic carbocycles. The first kappa shape index (κ1) is 14.6. The Bertz CT molecular complexity index is 50.8. The Balaban J connectivity index is 2.00. The molecule has 1 rings (SSSR count). The van der Waals surface area contributed by atoms with Crippen LogP contribution in [0.4, 0.5) is 0 Å². The van der Waals surface area contributed by atoms with Crippen LogP contribution in [0.15, 0.2) is 0 Å². The van der Waals surface area contributed by atoms with E-state index in [1.165, 1.54) is 0 Å². The van der Waals surface area contributed by atoms with Crippen LogP contribution in [-0.2, 0) is 0 Å². The molecule has 0 nitrogen and oxygen atoms in total. The predicted octanol–water partition coefficient (Wildman–Crippen LogP) is 5.72. The molecule has 0 bridgehead atoms. The second kappa shape index (κ2) is 12.0. The van der Waals surface area contributed by atoms with Crippen molar-refractivity contribution < 1.29 is 0 Å². The molecular weight excluding hydrogens is 479 g/mol. The van der Waals surface area contributed by atoms with Gasteiger partial charge >= 0.3 is 121 Å². The molecule has 0 atom stereocenters. The average molecular weight is 479 g/mol. The molecule has 0 aromatic carbocycles. The summed E-state index contributed by atoms with van der Waals surface area (Å²) < 4.78 is 0. The Morgan fingerprint density at radius 1 is 0.417 bits per heavy atom. The van der Waals surface area contributed by atoms with Gasteiger partial charge in [0.05, 0.1) is 0 Å². The van der Waals surface area contributed by atoms with Crippen LogP contribution in [0, 0.1) is 0 Å². The normalized spacial score (nSPS) is 24.0. The first-order chi connectivity index (χ1) is 6.00. The first-order valence-corrected chi connectivity index (χ1v) is 22.4. The summed E-state index contributed by atoms with van der Waals surface area (Å²) >= 11 is 1.35. The average Bonchev–Trinajstić information content (AvgIpc) is 2.05. The second-order valence-corrected chi connectivity index (χ2v) is 30.1. The zero-order valence-corrected chi connectivity index (χ0v) is 16.5. The maximum atomic E-state index is 2.00. The quantitative estimate of drug-likeness (QED) is 0.312. The van der Waals surface area contributed by atoms with Gasteiger partial charge in [0.25, 0.3) is 0 Å². The van der Waals surface area contributed by atoms with E-state index in [9.17, 15) is 0 Å². The summed E-state index contributed by atoms with van der Waals surface area (Å²) in [5, 5.41) is 0. The summed E-state index contributed by atoms with van der Waals surface area (Å²) in [6, 6.07) is 0. The van der Waals surface area contributed by atoms with Crippen LogP contribution in [0.3, 0.4) is 0 Å². The Kier molecular flexibility index (Phi) is 14.6. The van der Waals surface area contributed by atoms with Gasteiger partial charge in [-0.2, -0.15) is 0 Å². The van der Waals surface area contributed by atoms with Crippen LogP contribution in [0.25, 0.3) is 0 Å². The zero-order chi connectivity index (χ0) is 8.49. The van der Waals surface area contributed by atoms with E-state index in [0.717, 1.165) is 0 Å². The maximum absolute atomic E-state index is 2.00. The van der Waals surface area contributed by atoms with Gasteiger partial charge in [0, 0.05) is 0 Å². The fourth-order valence-electron chi connectivity index (χ4n) is 0.136. The van der Waals surface area contributed by atoms with Gasteiger partial charge in [0.2, 0.25) is 0 Å². The van der Waals surface area contributed by atoms with Gasteiger partial charge in [0.15, 0.2) is 0 Å². The van der Waals surface area contributed by atoms with Crippen molar-refractivity contribution in [3.63, 3.8) is 0 Å². The number of hydrogen-bond donors (Lipinski definition) is 0. The van der Waals surface area contributed by atoms with Crippen LogP contribution in [0.5, 0.6) is 0 Å². The molecule has 0 N–H and O–H groups in total. The van der Waals surface area contributed by atoms with E-state index >= 15 is 0 Å². The van der Waals surface area contributed by atoms with Gasteiger partial charge in [-0.3, -0.25) is 0 Å². The molecule has 1 fully saturated rings. The van der Waals surface area contributed by atoms with Gasteiger partial charge < -0.3 is 0 Å². The summed E-state index contributed by atoms with van der Waals surface area (Å²) in [6.45, 7) is 0. The van der Waals surface area contributed by atoms with Crippen LogP contribution >= 0.6 is 95.8 Å². The van der Waals surface area contributed by atoms with E-state index < -0.39 is 0 Å². The molecule has 1 aliphatic rings. The standard InChI is InChI=1S/S10Se2/c1-3-7-11-9-5-2-6-10-12-8-4-1. The molecule has 0 saturated carbocycles. The third kappa shape index (κ3) is 9.74. The monoisotopic (exact) mass is 480 g/mol. The van der Waals surface area contributed by atoms with Gasteiger partial charge in [-0.05, 0) is 0 Å². The van der Waals surface area contributed by atoms with Gasteiger partial charge in [-0.15, -0.1) is 0 Å². The van der Waals surface area contributed by atoms with Crippen molar-refractivity contribution in [2.75, 3.05) is 0 Å². The van der Waals surface area contributed by atoms with Gasteiger partial charge in [-0.25, -0.2) is 0 Å². The molecule has 0 amide bonds. The van der Waals surface area contributed by atoms with E-state index in [2.05, 4.69) is 0 Å². The van der Waals surface area contributed by atoms with Crippen molar-refractivity contribution in [3.8, 4) is 0 Å². The minimum atomic E-state index is 0.677.